The minimum atomic E-state index is -3.15. The summed E-state index contributed by atoms with van der Waals surface area (Å²) in [7, 11) is -0.527. The van der Waals surface area contributed by atoms with Crippen molar-refractivity contribution in [2.75, 3.05) is 20.6 Å². The van der Waals surface area contributed by atoms with Crippen LogP contribution >= 0.6 is 31.6 Å². The maximum atomic E-state index is 11.7. The van der Waals surface area contributed by atoms with Gasteiger partial charge in [-0.2, -0.15) is 0 Å². The lowest BCUT2D eigenvalue weighted by atomic mass is 10.2. The molecule has 0 aromatic heterocycles. The van der Waals surface area contributed by atoms with Crippen LogP contribution < -0.4 is 0 Å². The van der Waals surface area contributed by atoms with Gasteiger partial charge in [0.25, 0.3) is 0 Å². The van der Waals surface area contributed by atoms with Crippen LogP contribution in [0.5, 0.6) is 0 Å². The Labute approximate surface area is 117 Å². The highest BCUT2D eigenvalue weighted by molar-refractivity contribution is 8.22. The van der Waals surface area contributed by atoms with Gasteiger partial charge >= 0.3 is 7.60 Å². The fourth-order valence-electron chi connectivity index (χ4n) is 1.07. The highest BCUT2D eigenvalue weighted by Gasteiger charge is 2.22. The average molecular weight is 306 g/mol. The van der Waals surface area contributed by atoms with E-state index in [4.69, 9.17) is 26.0 Å². The predicted octanol–water partition coefficient (Wildman–Crippen LogP) is 3.66. The van der Waals surface area contributed by atoms with E-state index < -0.39 is 7.60 Å². The van der Waals surface area contributed by atoms with Gasteiger partial charge in [0, 0.05) is 20.0 Å². The number of benzene rings is 1. The zero-order chi connectivity index (χ0) is 13.4. The molecule has 0 aliphatic heterocycles. The molecule has 0 radical (unpaired) electrons. The standard InChI is InChI=1S/C11H15O4PS2/c1-13-16(12,14-2)9-15-11(17)18-8-10-6-4-3-5-7-10/h3-7H,8-9H2,1-2H3. The van der Waals surface area contributed by atoms with E-state index in [1.54, 1.807) is 0 Å². The topological polar surface area (TPSA) is 44.8 Å². The second-order valence-electron chi connectivity index (χ2n) is 3.27. The Hall–Kier alpha value is -0.390. The van der Waals surface area contributed by atoms with Crippen LogP contribution in [0.15, 0.2) is 30.3 Å². The Kier molecular flexibility index (Phi) is 6.89. The summed E-state index contributed by atoms with van der Waals surface area (Å²) in [6.07, 6.45) is -0.166. The molecular formula is C11H15O4PS2. The van der Waals surface area contributed by atoms with Crippen molar-refractivity contribution in [3.05, 3.63) is 35.9 Å². The summed E-state index contributed by atoms with van der Waals surface area (Å²) in [5.41, 5.74) is 1.15. The number of ether oxygens (including phenoxy) is 1. The Bertz CT molecular complexity index is 416. The molecule has 1 aromatic rings. The summed E-state index contributed by atoms with van der Waals surface area (Å²) < 4.78 is 26.7. The molecule has 1 aromatic carbocycles. The van der Waals surface area contributed by atoms with Crippen molar-refractivity contribution in [3.63, 3.8) is 0 Å². The fourth-order valence-corrected chi connectivity index (χ4v) is 2.75. The lowest BCUT2D eigenvalue weighted by molar-refractivity contribution is 0.240. The summed E-state index contributed by atoms with van der Waals surface area (Å²) in [5.74, 6) is 0.712. The van der Waals surface area contributed by atoms with E-state index >= 15 is 0 Å². The molecule has 0 atom stereocenters. The summed E-state index contributed by atoms with van der Waals surface area (Å²) in [6.45, 7) is 0. The van der Waals surface area contributed by atoms with Crippen molar-refractivity contribution in [1.82, 2.24) is 0 Å². The first-order valence-corrected chi connectivity index (χ1v) is 8.26. The van der Waals surface area contributed by atoms with Crippen LogP contribution in [0.25, 0.3) is 0 Å². The van der Waals surface area contributed by atoms with E-state index in [9.17, 15) is 4.57 Å². The quantitative estimate of drug-likeness (QED) is 0.590. The molecule has 0 aliphatic rings. The van der Waals surface area contributed by atoms with E-state index in [-0.39, 0.29) is 6.35 Å². The Morgan fingerprint density at radius 2 is 1.89 bits per heavy atom. The summed E-state index contributed by atoms with van der Waals surface area (Å²) >= 11 is 6.39. The first kappa shape index (κ1) is 15.7. The molecule has 0 N–H and O–H groups in total. The molecule has 1 rings (SSSR count). The van der Waals surface area contributed by atoms with Crippen LogP contribution in [0.4, 0.5) is 0 Å². The Morgan fingerprint density at radius 1 is 1.28 bits per heavy atom. The van der Waals surface area contributed by atoms with Gasteiger partial charge in [-0.1, -0.05) is 42.1 Å². The molecule has 0 heterocycles. The first-order chi connectivity index (χ1) is 8.59. The van der Waals surface area contributed by atoms with Crippen molar-refractivity contribution in [2.45, 2.75) is 5.75 Å². The van der Waals surface area contributed by atoms with Gasteiger partial charge in [-0.25, -0.2) is 0 Å². The third-order valence-corrected chi connectivity index (χ3v) is 4.96. The molecule has 0 saturated carbocycles. The SMILES string of the molecule is COP(=O)(COC(=S)SCc1ccccc1)OC. The van der Waals surface area contributed by atoms with Gasteiger partial charge in [-0.15, -0.1) is 0 Å². The minimum absolute atomic E-state index is 0.166. The monoisotopic (exact) mass is 306 g/mol. The average Bonchev–Trinajstić information content (AvgIpc) is 2.43. The van der Waals surface area contributed by atoms with Crippen LogP contribution in [-0.4, -0.2) is 25.0 Å². The largest absolute Gasteiger partial charge is 0.466 e. The number of thiocarbonyl (C=S) groups is 1. The molecule has 0 amide bonds. The highest BCUT2D eigenvalue weighted by atomic mass is 32.2. The van der Waals surface area contributed by atoms with Gasteiger partial charge in [0.1, 0.15) is 0 Å². The van der Waals surface area contributed by atoms with E-state index in [0.29, 0.717) is 10.1 Å². The van der Waals surface area contributed by atoms with Gasteiger partial charge in [-0.05, 0) is 17.8 Å². The van der Waals surface area contributed by atoms with Crippen molar-refractivity contribution >= 4 is 36.0 Å². The van der Waals surface area contributed by atoms with Gasteiger partial charge in [0.15, 0.2) is 6.35 Å². The van der Waals surface area contributed by atoms with Crippen molar-refractivity contribution in [1.29, 1.82) is 0 Å². The van der Waals surface area contributed by atoms with Gasteiger partial charge in [0.2, 0.25) is 4.38 Å². The predicted molar refractivity (Wildman–Crippen MR) is 77.9 cm³/mol. The second-order valence-corrected chi connectivity index (χ2v) is 7.06. The van der Waals surface area contributed by atoms with Crippen LogP contribution in [0.3, 0.4) is 0 Å². The van der Waals surface area contributed by atoms with E-state index in [2.05, 4.69) is 0 Å². The van der Waals surface area contributed by atoms with Crippen LogP contribution in [0, 0.1) is 0 Å². The Balaban J connectivity index is 2.32. The molecule has 0 aliphatic carbocycles. The number of rotatable bonds is 6. The lowest BCUT2D eigenvalue weighted by Crippen LogP contribution is -2.03. The molecular weight excluding hydrogens is 291 g/mol. The molecule has 0 bridgehead atoms. The summed E-state index contributed by atoms with van der Waals surface area (Å²) in [6, 6.07) is 9.89. The minimum Gasteiger partial charge on any atom is -0.466 e. The maximum absolute atomic E-state index is 11.7. The zero-order valence-corrected chi connectivity index (χ0v) is 12.7. The molecule has 0 fully saturated rings. The number of hydrogen-bond acceptors (Lipinski definition) is 6. The fraction of sp³-hybridized carbons (Fsp3) is 0.364. The normalized spacial score (nSPS) is 11.2. The van der Waals surface area contributed by atoms with Crippen molar-refractivity contribution in [2.24, 2.45) is 0 Å². The molecule has 0 unspecified atom stereocenters. The summed E-state index contributed by atoms with van der Waals surface area (Å²) in [4.78, 5) is 0. The summed E-state index contributed by atoms with van der Waals surface area (Å²) in [5, 5.41) is 0. The van der Waals surface area contributed by atoms with Crippen LogP contribution in [0.2, 0.25) is 0 Å². The molecule has 100 valence electrons. The van der Waals surface area contributed by atoms with E-state index in [1.807, 2.05) is 30.3 Å². The second kappa shape index (κ2) is 7.92. The van der Waals surface area contributed by atoms with Crippen molar-refractivity contribution in [3.8, 4) is 0 Å². The third-order valence-electron chi connectivity index (χ3n) is 2.10. The third kappa shape index (κ3) is 5.50. The van der Waals surface area contributed by atoms with Crippen molar-refractivity contribution < 1.29 is 18.3 Å². The molecule has 7 heteroatoms. The zero-order valence-electron chi connectivity index (χ0n) is 10.2. The smallest absolute Gasteiger partial charge is 0.367 e. The molecule has 0 saturated heterocycles. The first-order valence-electron chi connectivity index (χ1n) is 5.13. The highest BCUT2D eigenvalue weighted by Crippen LogP contribution is 2.46. The number of hydrogen-bond donors (Lipinski definition) is 0. The van der Waals surface area contributed by atoms with Crippen LogP contribution in [0.1, 0.15) is 5.56 Å². The molecule has 4 nitrogen and oxygen atoms in total. The van der Waals surface area contributed by atoms with E-state index in [1.165, 1.54) is 26.0 Å². The molecule has 0 spiro atoms. The van der Waals surface area contributed by atoms with E-state index in [0.717, 1.165) is 5.56 Å². The van der Waals surface area contributed by atoms with Gasteiger partial charge in [-0.3, -0.25) is 4.57 Å². The Morgan fingerprint density at radius 3 is 2.44 bits per heavy atom. The number of thioether (sulfide) groups is 1. The van der Waals surface area contributed by atoms with Gasteiger partial charge in [0.05, 0.1) is 0 Å². The van der Waals surface area contributed by atoms with Crippen LogP contribution in [-0.2, 0) is 24.1 Å². The maximum Gasteiger partial charge on any atom is 0.367 e. The van der Waals surface area contributed by atoms with Gasteiger partial charge < -0.3 is 13.8 Å². The lowest BCUT2D eigenvalue weighted by Gasteiger charge is -2.14. The molecule has 18 heavy (non-hydrogen) atoms.